The molecular formula is C15H22Si. The minimum Gasteiger partial charge on any atom is -0.0883 e. The Morgan fingerprint density at radius 1 is 1.12 bits per heavy atom. The van der Waals surface area contributed by atoms with E-state index in [1.165, 1.54) is 19.3 Å². The van der Waals surface area contributed by atoms with E-state index in [0.29, 0.717) is 5.04 Å². The van der Waals surface area contributed by atoms with Crippen LogP contribution in [0.15, 0.2) is 42.5 Å². The van der Waals surface area contributed by atoms with Crippen LogP contribution in [0.3, 0.4) is 0 Å². The topological polar surface area (TPSA) is 0 Å². The van der Waals surface area contributed by atoms with Crippen LogP contribution in [-0.2, 0) is 0 Å². The lowest BCUT2D eigenvalue weighted by atomic mass is 9.97. The van der Waals surface area contributed by atoms with E-state index in [-0.39, 0.29) is 0 Å². The Balaban J connectivity index is 2.38. The van der Waals surface area contributed by atoms with Gasteiger partial charge in [0.25, 0.3) is 0 Å². The fourth-order valence-electron chi connectivity index (χ4n) is 2.72. The Morgan fingerprint density at radius 2 is 1.81 bits per heavy atom. The molecule has 1 heteroatoms. The van der Waals surface area contributed by atoms with Gasteiger partial charge < -0.3 is 0 Å². The summed E-state index contributed by atoms with van der Waals surface area (Å²) in [4.78, 5) is 0. The van der Waals surface area contributed by atoms with Crippen LogP contribution in [-0.4, -0.2) is 8.07 Å². The van der Waals surface area contributed by atoms with Crippen molar-refractivity contribution in [2.45, 2.75) is 44.3 Å². The summed E-state index contributed by atoms with van der Waals surface area (Å²) in [5.41, 5.74) is 0. The van der Waals surface area contributed by atoms with Crippen LogP contribution in [0, 0.1) is 0 Å². The Bertz CT molecular complexity index is 378. The summed E-state index contributed by atoms with van der Waals surface area (Å²) in [6.07, 6.45) is 8.87. The largest absolute Gasteiger partial charge is 0.0901 e. The standard InChI is InChI=1S/C15H22Si/c1-15(12-8-5-9-13-15)16(2,3)14-10-6-4-7-11-14/h4,6-8,10-12H,5,9,13H2,1-3H3/t15-/m0/s1. The molecule has 1 aliphatic rings. The van der Waals surface area contributed by atoms with Crippen molar-refractivity contribution in [2.75, 3.05) is 0 Å². The first-order valence-electron chi connectivity index (χ1n) is 6.29. The Morgan fingerprint density at radius 3 is 2.38 bits per heavy atom. The third-order valence-electron chi connectivity index (χ3n) is 4.48. The van der Waals surface area contributed by atoms with Crippen molar-refractivity contribution >= 4 is 13.3 Å². The zero-order valence-electron chi connectivity index (χ0n) is 10.7. The lowest BCUT2D eigenvalue weighted by molar-refractivity contribution is 0.585. The van der Waals surface area contributed by atoms with Crippen molar-refractivity contribution in [3.63, 3.8) is 0 Å². The first-order chi connectivity index (χ1) is 7.56. The average Bonchev–Trinajstić information content (AvgIpc) is 2.31. The Hall–Kier alpha value is -0.823. The molecule has 0 amide bonds. The summed E-state index contributed by atoms with van der Waals surface area (Å²) < 4.78 is 0. The van der Waals surface area contributed by atoms with Gasteiger partial charge in [-0.1, -0.05) is 67.7 Å². The van der Waals surface area contributed by atoms with Crippen molar-refractivity contribution in [1.82, 2.24) is 0 Å². The van der Waals surface area contributed by atoms with E-state index in [1.807, 2.05) is 0 Å². The van der Waals surface area contributed by atoms with E-state index in [0.717, 1.165) is 0 Å². The maximum Gasteiger partial charge on any atom is 0.0901 e. The van der Waals surface area contributed by atoms with Crippen LogP contribution in [0.25, 0.3) is 0 Å². The highest BCUT2D eigenvalue weighted by Gasteiger charge is 2.42. The van der Waals surface area contributed by atoms with Crippen LogP contribution in [0.2, 0.25) is 18.1 Å². The predicted octanol–water partition coefficient (Wildman–Crippen LogP) is 4.10. The van der Waals surface area contributed by atoms with Crippen molar-refractivity contribution in [3.8, 4) is 0 Å². The first-order valence-corrected chi connectivity index (χ1v) is 9.29. The van der Waals surface area contributed by atoms with E-state index in [1.54, 1.807) is 5.19 Å². The van der Waals surface area contributed by atoms with Crippen molar-refractivity contribution in [3.05, 3.63) is 42.5 Å². The highest BCUT2D eigenvalue weighted by Crippen LogP contribution is 2.45. The maximum atomic E-state index is 2.51. The van der Waals surface area contributed by atoms with Crippen LogP contribution >= 0.6 is 0 Å². The van der Waals surface area contributed by atoms with Gasteiger partial charge in [-0.05, 0) is 24.3 Å². The van der Waals surface area contributed by atoms with Gasteiger partial charge in [-0.2, -0.15) is 0 Å². The third kappa shape index (κ3) is 1.89. The minimum absolute atomic E-state index is 0.437. The molecule has 0 heterocycles. The van der Waals surface area contributed by atoms with Crippen LogP contribution < -0.4 is 5.19 Å². The molecule has 0 spiro atoms. The van der Waals surface area contributed by atoms with Gasteiger partial charge in [0.05, 0.1) is 8.07 Å². The summed E-state index contributed by atoms with van der Waals surface area (Å²) in [6, 6.07) is 11.1. The molecule has 0 unspecified atom stereocenters. The predicted molar refractivity (Wildman–Crippen MR) is 74.9 cm³/mol. The van der Waals surface area contributed by atoms with Gasteiger partial charge in [-0.15, -0.1) is 0 Å². The van der Waals surface area contributed by atoms with E-state index in [4.69, 9.17) is 0 Å². The molecule has 0 fully saturated rings. The molecule has 0 aliphatic heterocycles. The third-order valence-corrected chi connectivity index (χ3v) is 9.52. The fraction of sp³-hybridized carbons (Fsp3) is 0.467. The Labute approximate surface area is 100 Å². The molecular weight excluding hydrogens is 208 g/mol. The van der Waals surface area contributed by atoms with E-state index in [9.17, 15) is 0 Å². The minimum atomic E-state index is -1.39. The summed E-state index contributed by atoms with van der Waals surface area (Å²) in [6.45, 7) is 7.48. The molecule has 1 aliphatic carbocycles. The highest BCUT2D eigenvalue weighted by molar-refractivity contribution is 6.92. The molecule has 0 nitrogen and oxygen atoms in total. The van der Waals surface area contributed by atoms with Gasteiger partial charge in [0.15, 0.2) is 0 Å². The summed E-state index contributed by atoms with van der Waals surface area (Å²) in [5.74, 6) is 0. The van der Waals surface area contributed by atoms with Crippen molar-refractivity contribution in [1.29, 1.82) is 0 Å². The van der Waals surface area contributed by atoms with Gasteiger partial charge in [-0.25, -0.2) is 0 Å². The normalized spacial score (nSPS) is 25.7. The summed E-state index contributed by atoms with van der Waals surface area (Å²) >= 11 is 0. The monoisotopic (exact) mass is 230 g/mol. The number of hydrogen-bond donors (Lipinski definition) is 0. The number of allylic oxidation sites excluding steroid dienone is 2. The molecule has 2 rings (SSSR count). The fourth-order valence-corrected chi connectivity index (χ4v) is 5.74. The lowest BCUT2D eigenvalue weighted by Crippen LogP contribution is -2.51. The molecule has 0 radical (unpaired) electrons. The average molecular weight is 230 g/mol. The summed E-state index contributed by atoms with van der Waals surface area (Å²) in [5, 5.41) is 2.02. The first kappa shape index (κ1) is 11.7. The van der Waals surface area contributed by atoms with E-state index < -0.39 is 8.07 Å². The maximum absolute atomic E-state index is 2.51. The van der Waals surface area contributed by atoms with E-state index >= 15 is 0 Å². The van der Waals surface area contributed by atoms with Crippen LogP contribution in [0.1, 0.15) is 26.2 Å². The van der Waals surface area contributed by atoms with Gasteiger partial charge in [-0.3, -0.25) is 0 Å². The zero-order valence-corrected chi connectivity index (χ0v) is 11.7. The van der Waals surface area contributed by atoms with Gasteiger partial charge in [0.2, 0.25) is 0 Å². The van der Waals surface area contributed by atoms with Crippen LogP contribution in [0.4, 0.5) is 0 Å². The number of benzene rings is 1. The highest BCUT2D eigenvalue weighted by atomic mass is 28.3. The smallest absolute Gasteiger partial charge is 0.0883 e. The molecule has 0 saturated heterocycles. The van der Waals surface area contributed by atoms with E-state index in [2.05, 4.69) is 62.5 Å². The second kappa shape index (κ2) is 4.21. The van der Waals surface area contributed by atoms with Crippen LogP contribution in [0.5, 0.6) is 0 Å². The summed E-state index contributed by atoms with van der Waals surface area (Å²) in [7, 11) is -1.39. The van der Waals surface area contributed by atoms with Crippen molar-refractivity contribution < 1.29 is 0 Å². The second-order valence-corrected chi connectivity index (χ2v) is 10.7. The SMILES string of the molecule is C[C@]1([Si](C)(C)c2ccccc2)C=CCCC1. The molecule has 1 aromatic carbocycles. The molecule has 0 N–H and O–H groups in total. The number of rotatable bonds is 2. The number of hydrogen-bond acceptors (Lipinski definition) is 0. The van der Waals surface area contributed by atoms with Gasteiger partial charge >= 0.3 is 0 Å². The van der Waals surface area contributed by atoms with Crippen molar-refractivity contribution in [2.24, 2.45) is 0 Å². The molecule has 16 heavy (non-hydrogen) atoms. The molecule has 86 valence electrons. The molecule has 1 aromatic rings. The Kier molecular flexibility index (Phi) is 3.07. The molecule has 0 bridgehead atoms. The molecule has 0 aromatic heterocycles. The second-order valence-electron chi connectivity index (χ2n) is 5.70. The quantitative estimate of drug-likeness (QED) is 0.530. The molecule has 1 atom stereocenters. The van der Waals surface area contributed by atoms with Gasteiger partial charge in [0, 0.05) is 0 Å². The molecule has 0 saturated carbocycles. The van der Waals surface area contributed by atoms with Gasteiger partial charge in [0.1, 0.15) is 0 Å². The zero-order chi connectivity index (χ0) is 11.6. The lowest BCUT2D eigenvalue weighted by Gasteiger charge is -2.43.